The number of pyridine rings is 1. The second-order valence-corrected chi connectivity index (χ2v) is 8.15. The van der Waals surface area contributed by atoms with Crippen molar-refractivity contribution in [2.24, 2.45) is 0 Å². The number of amides is 2. The third kappa shape index (κ3) is 4.21. The predicted octanol–water partition coefficient (Wildman–Crippen LogP) is 5.44. The van der Waals surface area contributed by atoms with Crippen LogP contribution in [0, 0.1) is 6.92 Å². The first-order valence-electron chi connectivity index (χ1n) is 9.57. The molecule has 0 aliphatic carbocycles. The molecule has 1 aromatic carbocycles. The molecule has 0 bridgehead atoms. The molecule has 1 aliphatic heterocycles. The molecule has 1 N–H and O–H groups in total. The summed E-state index contributed by atoms with van der Waals surface area (Å²) in [5, 5.41) is 6.08. The van der Waals surface area contributed by atoms with E-state index >= 15 is 0 Å². The Balaban J connectivity index is 1.73. The average molecular weight is 428 g/mol. The fourth-order valence-electron chi connectivity index (χ4n) is 3.44. The molecule has 150 valence electrons. The van der Waals surface area contributed by atoms with Crippen LogP contribution in [0.25, 0.3) is 11.3 Å². The highest BCUT2D eigenvalue weighted by Crippen LogP contribution is 2.34. The van der Waals surface area contributed by atoms with E-state index in [1.54, 1.807) is 4.90 Å². The lowest BCUT2D eigenvalue weighted by molar-refractivity contribution is 0.257. The zero-order valence-corrected chi connectivity index (χ0v) is 17.9. The number of hydrogen-bond donors (Lipinski definition) is 1. The predicted molar refractivity (Wildman–Crippen MR) is 120 cm³/mol. The molecule has 3 heterocycles. The number of rotatable bonds is 3. The number of hydrogen-bond acceptors (Lipinski definition) is 5. The molecule has 0 saturated carbocycles. The van der Waals surface area contributed by atoms with Gasteiger partial charge in [0.1, 0.15) is 0 Å². The lowest BCUT2D eigenvalue weighted by Gasteiger charge is -2.25. The van der Waals surface area contributed by atoms with Crippen molar-refractivity contribution in [1.29, 1.82) is 0 Å². The molecule has 0 unspecified atom stereocenters. The highest BCUT2D eigenvalue weighted by molar-refractivity contribution is 7.13. The number of halogens is 1. The van der Waals surface area contributed by atoms with E-state index in [0.717, 1.165) is 42.1 Å². The van der Waals surface area contributed by atoms with Crippen LogP contribution in [0.15, 0.2) is 41.8 Å². The average Bonchev–Trinajstić information content (AvgIpc) is 3.03. The first-order chi connectivity index (χ1) is 14.0. The van der Waals surface area contributed by atoms with Gasteiger partial charge < -0.3 is 4.90 Å². The van der Waals surface area contributed by atoms with Gasteiger partial charge in [-0.15, -0.1) is 11.3 Å². The molecule has 0 saturated heterocycles. The van der Waals surface area contributed by atoms with Crippen LogP contribution in [-0.2, 0) is 0 Å². The van der Waals surface area contributed by atoms with Crippen LogP contribution < -0.4 is 15.1 Å². The first-order valence-corrected chi connectivity index (χ1v) is 10.8. The van der Waals surface area contributed by atoms with E-state index in [9.17, 15) is 4.79 Å². The van der Waals surface area contributed by atoms with Crippen LogP contribution in [0.3, 0.4) is 0 Å². The van der Waals surface area contributed by atoms with Crippen LogP contribution in [0.1, 0.15) is 19.0 Å². The summed E-state index contributed by atoms with van der Waals surface area (Å²) in [6, 6.07) is 11.4. The summed E-state index contributed by atoms with van der Waals surface area (Å²) in [5.74, 6) is 0.660. The van der Waals surface area contributed by atoms with Gasteiger partial charge >= 0.3 is 6.03 Å². The Hall–Kier alpha value is -2.64. The Morgan fingerprint density at radius 1 is 1.24 bits per heavy atom. The summed E-state index contributed by atoms with van der Waals surface area (Å²) < 4.78 is 0. The minimum absolute atomic E-state index is 0.214. The largest absolute Gasteiger partial charge is 0.369 e. The van der Waals surface area contributed by atoms with Crippen molar-refractivity contribution in [1.82, 2.24) is 9.97 Å². The number of carbonyl (C=O) groups excluding carboxylic acids is 1. The first kappa shape index (κ1) is 19.7. The molecule has 0 fully saturated rings. The quantitative estimate of drug-likeness (QED) is 0.604. The summed E-state index contributed by atoms with van der Waals surface area (Å²) in [4.78, 5) is 26.3. The normalized spacial score (nSPS) is 13.8. The molecular formula is C21H22ClN5OS. The fraction of sp³-hybridized carbons (Fsp3) is 0.286. The maximum absolute atomic E-state index is 13.1. The Bertz CT molecular complexity index is 1040. The molecule has 2 amide bonds. The van der Waals surface area contributed by atoms with Crippen LogP contribution in [-0.4, -0.2) is 35.6 Å². The van der Waals surface area contributed by atoms with Crippen molar-refractivity contribution in [3.8, 4) is 11.3 Å². The Morgan fingerprint density at radius 3 is 2.83 bits per heavy atom. The van der Waals surface area contributed by atoms with Crippen molar-refractivity contribution < 1.29 is 4.79 Å². The minimum Gasteiger partial charge on any atom is -0.369 e. The third-order valence-electron chi connectivity index (χ3n) is 4.84. The zero-order chi connectivity index (χ0) is 20.4. The molecule has 0 spiro atoms. The molecular weight excluding hydrogens is 406 g/mol. The van der Waals surface area contributed by atoms with Gasteiger partial charge in [-0.25, -0.2) is 14.8 Å². The Labute approximate surface area is 179 Å². The summed E-state index contributed by atoms with van der Waals surface area (Å²) in [6.07, 6.45) is 0.862. The monoisotopic (exact) mass is 427 g/mol. The van der Waals surface area contributed by atoms with Crippen LogP contribution in [0.2, 0.25) is 5.02 Å². The summed E-state index contributed by atoms with van der Waals surface area (Å²) >= 11 is 7.58. The van der Waals surface area contributed by atoms with E-state index in [-0.39, 0.29) is 6.03 Å². The van der Waals surface area contributed by atoms with Gasteiger partial charge in [-0.05, 0) is 44.5 Å². The molecule has 3 aromatic rings. The van der Waals surface area contributed by atoms with Crippen LogP contribution >= 0.6 is 22.9 Å². The fourth-order valence-corrected chi connectivity index (χ4v) is 4.31. The number of benzene rings is 1. The van der Waals surface area contributed by atoms with Gasteiger partial charge in [0.25, 0.3) is 0 Å². The lowest BCUT2D eigenvalue weighted by atomic mass is 10.1. The van der Waals surface area contributed by atoms with E-state index in [1.807, 2.05) is 48.7 Å². The molecule has 0 atom stereocenters. The van der Waals surface area contributed by atoms with Gasteiger partial charge in [0, 0.05) is 35.6 Å². The van der Waals surface area contributed by atoms with Crippen molar-refractivity contribution in [3.05, 3.63) is 52.5 Å². The van der Waals surface area contributed by atoms with E-state index in [1.165, 1.54) is 11.3 Å². The number of urea groups is 1. The second-order valence-electron chi connectivity index (χ2n) is 6.86. The number of carbonyl (C=O) groups is 1. The van der Waals surface area contributed by atoms with Gasteiger partial charge in [0.15, 0.2) is 10.9 Å². The summed E-state index contributed by atoms with van der Waals surface area (Å²) in [6.45, 7) is 6.34. The molecule has 1 aliphatic rings. The number of anilines is 3. The number of thiazole rings is 1. The zero-order valence-electron chi connectivity index (χ0n) is 16.4. The summed E-state index contributed by atoms with van der Waals surface area (Å²) in [5.41, 5.74) is 3.55. The number of fused-ring (bicyclic) bond motifs is 1. The highest BCUT2D eigenvalue weighted by Gasteiger charge is 2.27. The van der Waals surface area contributed by atoms with Crippen LogP contribution in [0.4, 0.5) is 21.4 Å². The van der Waals surface area contributed by atoms with Gasteiger partial charge in [-0.3, -0.25) is 10.2 Å². The number of nitrogens with zero attached hydrogens (tertiary/aromatic N) is 4. The molecule has 29 heavy (non-hydrogen) atoms. The van der Waals surface area contributed by atoms with Gasteiger partial charge in [0.05, 0.1) is 17.1 Å². The molecule has 6 nitrogen and oxygen atoms in total. The van der Waals surface area contributed by atoms with E-state index < -0.39 is 0 Å². The van der Waals surface area contributed by atoms with Crippen LogP contribution in [0.5, 0.6) is 0 Å². The molecule has 2 aromatic heterocycles. The SMILES string of the molecule is CCN1CCCN(C(=O)Nc2nc(C)cs2)c2nc(-c3cccc(Cl)c3)ccc21. The van der Waals surface area contributed by atoms with E-state index in [0.29, 0.717) is 22.5 Å². The number of aryl methyl sites for hydroxylation is 1. The third-order valence-corrected chi connectivity index (χ3v) is 5.95. The smallest absolute Gasteiger partial charge is 0.329 e. The maximum Gasteiger partial charge on any atom is 0.329 e. The van der Waals surface area contributed by atoms with Gasteiger partial charge in [0.2, 0.25) is 0 Å². The topological polar surface area (TPSA) is 61.4 Å². The highest BCUT2D eigenvalue weighted by atomic mass is 35.5. The molecule has 4 rings (SSSR count). The molecule has 8 heteroatoms. The van der Waals surface area contributed by atoms with Gasteiger partial charge in [-0.2, -0.15) is 0 Å². The lowest BCUT2D eigenvalue weighted by Crippen LogP contribution is -2.36. The summed E-state index contributed by atoms with van der Waals surface area (Å²) in [7, 11) is 0. The van der Waals surface area contributed by atoms with Crippen molar-refractivity contribution in [3.63, 3.8) is 0 Å². The van der Waals surface area contributed by atoms with Crippen molar-refractivity contribution >= 4 is 45.6 Å². The standard InChI is InChI=1S/C21H22ClN5OS/c1-3-26-10-5-11-27(21(28)25-20-23-14(2)13-29-20)19-18(26)9-8-17(24-19)15-6-4-7-16(22)12-15/h4,6-9,12-13H,3,5,10-11H2,1-2H3,(H,23,25,28). The van der Waals surface area contributed by atoms with E-state index in [4.69, 9.17) is 16.6 Å². The minimum atomic E-state index is -0.214. The Kier molecular flexibility index (Phi) is 5.69. The molecule has 0 radical (unpaired) electrons. The second kappa shape index (κ2) is 8.39. The van der Waals surface area contributed by atoms with Crippen molar-refractivity contribution in [2.45, 2.75) is 20.3 Å². The number of nitrogens with one attached hydrogen (secondary N) is 1. The maximum atomic E-state index is 13.1. The Morgan fingerprint density at radius 2 is 2.10 bits per heavy atom. The van der Waals surface area contributed by atoms with E-state index in [2.05, 4.69) is 22.1 Å². The van der Waals surface area contributed by atoms with Crippen molar-refractivity contribution in [2.75, 3.05) is 34.8 Å². The number of aromatic nitrogens is 2. The van der Waals surface area contributed by atoms with Gasteiger partial charge in [-0.1, -0.05) is 23.7 Å².